The van der Waals surface area contributed by atoms with E-state index in [1.54, 1.807) is 0 Å². The summed E-state index contributed by atoms with van der Waals surface area (Å²) in [6.45, 7) is 6.52. The van der Waals surface area contributed by atoms with Crippen LogP contribution in [0.25, 0.3) is 0 Å². The van der Waals surface area contributed by atoms with Gasteiger partial charge < -0.3 is 19.7 Å². The Bertz CT molecular complexity index is 690. The summed E-state index contributed by atoms with van der Waals surface area (Å²) in [5, 5.41) is 0. The average Bonchev–Trinajstić information content (AvgIpc) is 3.26. The van der Waals surface area contributed by atoms with E-state index >= 15 is 0 Å². The molecule has 1 spiro atoms. The van der Waals surface area contributed by atoms with Gasteiger partial charge in [-0.25, -0.2) is 0 Å². The summed E-state index contributed by atoms with van der Waals surface area (Å²) in [7, 11) is 2.14. The van der Waals surface area contributed by atoms with E-state index in [1.165, 1.54) is 0 Å². The number of amides is 2. The highest BCUT2D eigenvalue weighted by Crippen LogP contribution is 2.41. The molecule has 3 saturated heterocycles. The maximum Gasteiger partial charge on any atom is 0.255 e. The molecule has 3 aliphatic rings. The number of likely N-dealkylation sites (N-methyl/N-ethyl adjacent to an activating group) is 1. The van der Waals surface area contributed by atoms with Gasteiger partial charge in [-0.1, -0.05) is 0 Å². The molecule has 26 heavy (non-hydrogen) atoms. The van der Waals surface area contributed by atoms with Crippen molar-refractivity contribution in [3.63, 3.8) is 0 Å². The van der Waals surface area contributed by atoms with Crippen LogP contribution in [0.2, 0.25) is 0 Å². The smallest absolute Gasteiger partial charge is 0.255 e. The predicted molar refractivity (Wildman–Crippen MR) is 99.9 cm³/mol. The number of carbonyl (C=O) groups is 2. The molecule has 142 valence electrons. The van der Waals surface area contributed by atoms with Gasteiger partial charge in [0.1, 0.15) is 0 Å². The second-order valence-electron chi connectivity index (χ2n) is 8.53. The molecule has 1 aromatic rings. The minimum atomic E-state index is 0.139. The Kier molecular flexibility index (Phi) is 4.55. The Morgan fingerprint density at radius 2 is 2.00 bits per heavy atom. The summed E-state index contributed by atoms with van der Waals surface area (Å²) in [6.07, 6.45) is 6.59. The first-order chi connectivity index (χ1) is 12.5. The topological polar surface area (TPSA) is 59.7 Å². The third-order valence-electron chi connectivity index (χ3n) is 6.80. The molecule has 4 heterocycles. The zero-order valence-corrected chi connectivity index (χ0v) is 16.0. The fourth-order valence-electron chi connectivity index (χ4n) is 4.99. The van der Waals surface area contributed by atoms with Gasteiger partial charge in [0.2, 0.25) is 5.91 Å². The highest BCUT2D eigenvalue weighted by atomic mass is 16.2. The Balaban J connectivity index is 1.40. The Labute approximate surface area is 155 Å². The molecule has 0 radical (unpaired) electrons. The highest BCUT2D eigenvalue weighted by molar-refractivity contribution is 5.95. The van der Waals surface area contributed by atoms with Crippen molar-refractivity contribution in [3.8, 4) is 0 Å². The molecule has 6 heteroatoms. The van der Waals surface area contributed by atoms with Crippen molar-refractivity contribution in [2.45, 2.75) is 45.1 Å². The monoisotopic (exact) mass is 358 g/mol. The number of H-pyrrole nitrogens is 1. The average molecular weight is 358 g/mol. The van der Waals surface area contributed by atoms with Gasteiger partial charge in [-0.05, 0) is 57.7 Å². The first-order valence-corrected chi connectivity index (χ1v) is 9.89. The predicted octanol–water partition coefficient (Wildman–Crippen LogP) is 1.87. The largest absolute Gasteiger partial charge is 0.365 e. The van der Waals surface area contributed by atoms with Crippen LogP contribution in [-0.2, 0) is 4.79 Å². The van der Waals surface area contributed by atoms with Crippen LogP contribution in [0.3, 0.4) is 0 Å². The van der Waals surface area contributed by atoms with E-state index < -0.39 is 0 Å². The van der Waals surface area contributed by atoms with E-state index in [9.17, 15) is 9.59 Å². The fourth-order valence-corrected chi connectivity index (χ4v) is 4.99. The van der Waals surface area contributed by atoms with Crippen LogP contribution in [0.15, 0.2) is 12.3 Å². The fraction of sp³-hybridized carbons (Fsp3) is 0.700. The van der Waals surface area contributed by atoms with E-state index in [0.717, 1.165) is 69.7 Å². The van der Waals surface area contributed by atoms with Gasteiger partial charge in [0.25, 0.3) is 5.91 Å². The van der Waals surface area contributed by atoms with Gasteiger partial charge in [-0.3, -0.25) is 9.59 Å². The lowest BCUT2D eigenvalue weighted by atomic mass is 9.72. The first kappa shape index (κ1) is 17.6. The van der Waals surface area contributed by atoms with Gasteiger partial charge >= 0.3 is 0 Å². The molecule has 3 fully saturated rings. The number of nitrogens with zero attached hydrogens (tertiary/aromatic N) is 3. The van der Waals surface area contributed by atoms with E-state index in [0.29, 0.717) is 18.4 Å². The van der Waals surface area contributed by atoms with Gasteiger partial charge in [-0.15, -0.1) is 0 Å². The van der Waals surface area contributed by atoms with Crippen LogP contribution < -0.4 is 0 Å². The van der Waals surface area contributed by atoms with Crippen LogP contribution in [-0.4, -0.2) is 77.3 Å². The number of likely N-dealkylation sites (tertiary alicyclic amines) is 3. The molecule has 1 aromatic heterocycles. The molecule has 0 bridgehead atoms. The minimum absolute atomic E-state index is 0.139. The third kappa shape index (κ3) is 3.15. The number of aromatic amines is 1. The molecule has 6 nitrogen and oxygen atoms in total. The molecular formula is C20H30N4O2. The molecule has 1 N–H and O–H groups in total. The standard InChI is InChI=1S/C20H30N4O2/c1-15-17(4-9-21-15)19(26)23-11-7-20(8-12-23)6-3-18(25)24(14-20)16-5-10-22(2)13-16/h4,9,16,21H,3,5-8,10-14H2,1-2H3. The Hall–Kier alpha value is -1.82. The van der Waals surface area contributed by atoms with E-state index in [2.05, 4.69) is 21.8 Å². The lowest BCUT2D eigenvalue weighted by Crippen LogP contribution is -2.55. The van der Waals surface area contributed by atoms with Crippen LogP contribution in [0.4, 0.5) is 0 Å². The van der Waals surface area contributed by atoms with Crippen molar-refractivity contribution in [3.05, 3.63) is 23.5 Å². The summed E-state index contributed by atoms with van der Waals surface area (Å²) in [4.78, 5) is 34.8. The van der Waals surface area contributed by atoms with Crippen LogP contribution >= 0.6 is 0 Å². The quantitative estimate of drug-likeness (QED) is 0.878. The Morgan fingerprint density at radius 3 is 2.62 bits per heavy atom. The number of nitrogens with one attached hydrogen (secondary N) is 1. The van der Waals surface area contributed by atoms with Crippen molar-refractivity contribution in [1.29, 1.82) is 0 Å². The lowest BCUT2D eigenvalue weighted by molar-refractivity contribution is -0.141. The van der Waals surface area contributed by atoms with Gasteiger partial charge in [0.15, 0.2) is 0 Å². The Morgan fingerprint density at radius 1 is 1.23 bits per heavy atom. The molecule has 2 amide bonds. The number of hydrogen-bond acceptors (Lipinski definition) is 3. The summed E-state index contributed by atoms with van der Waals surface area (Å²) in [5.74, 6) is 0.470. The maximum absolute atomic E-state index is 12.8. The third-order valence-corrected chi connectivity index (χ3v) is 6.80. The normalized spacial score (nSPS) is 26.7. The number of aromatic nitrogens is 1. The van der Waals surface area contributed by atoms with Crippen molar-refractivity contribution in [2.75, 3.05) is 39.8 Å². The lowest BCUT2D eigenvalue weighted by Gasteiger charge is -2.49. The summed E-state index contributed by atoms with van der Waals surface area (Å²) < 4.78 is 0. The van der Waals surface area contributed by atoms with E-state index in [-0.39, 0.29) is 11.3 Å². The van der Waals surface area contributed by atoms with Gasteiger partial charge in [0, 0.05) is 50.5 Å². The number of aryl methyl sites for hydroxylation is 1. The summed E-state index contributed by atoms with van der Waals surface area (Å²) in [5.41, 5.74) is 1.93. The summed E-state index contributed by atoms with van der Waals surface area (Å²) >= 11 is 0. The number of carbonyl (C=O) groups excluding carboxylic acids is 2. The number of piperidine rings is 2. The van der Waals surface area contributed by atoms with Crippen LogP contribution in [0, 0.1) is 12.3 Å². The number of rotatable bonds is 2. The molecule has 0 aliphatic carbocycles. The highest BCUT2D eigenvalue weighted by Gasteiger charge is 2.44. The van der Waals surface area contributed by atoms with E-state index in [4.69, 9.17) is 0 Å². The van der Waals surface area contributed by atoms with E-state index in [1.807, 2.05) is 24.1 Å². The first-order valence-electron chi connectivity index (χ1n) is 9.89. The molecule has 0 saturated carbocycles. The minimum Gasteiger partial charge on any atom is -0.365 e. The van der Waals surface area contributed by atoms with Crippen molar-refractivity contribution >= 4 is 11.8 Å². The molecule has 3 aliphatic heterocycles. The second kappa shape index (κ2) is 6.72. The molecule has 0 aromatic carbocycles. The van der Waals surface area contributed by atoms with Gasteiger partial charge in [-0.2, -0.15) is 0 Å². The maximum atomic E-state index is 12.8. The second-order valence-corrected chi connectivity index (χ2v) is 8.53. The molecule has 1 atom stereocenters. The van der Waals surface area contributed by atoms with Crippen molar-refractivity contribution < 1.29 is 9.59 Å². The van der Waals surface area contributed by atoms with Crippen LogP contribution in [0.1, 0.15) is 48.2 Å². The number of hydrogen-bond donors (Lipinski definition) is 1. The van der Waals surface area contributed by atoms with Crippen molar-refractivity contribution in [2.24, 2.45) is 5.41 Å². The van der Waals surface area contributed by atoms with Gasteiger partial charge in [0.05, 0.1) is 5.56 Å². The molecule has 1 unspecified atom stereocenters. The zero-order valence-electron chi connectivity index (χ0n) is 16.0. The zero-order chi connectivity index (χ0) is 18.3. The van der Waals surface area contributed by atoms with Crippen molar-refractivity contribution in [1.82, 2.24) is 19.7 Å². The van der Waals surface area contributed by atoms with Crippen LogP contribution in [0.5, 0.6) is 0 Å². The molecule has 4 rings (SSSR count). The summed E-state index contributed by atoms with van der Waals surface area (Å²) in [6, 6.07) is 2.26. The SMILES string of the molecule is Cc1[nH]ccc1C(=O)N1CCC2(CCC(=O)N(C3CCN(C)C3)C2)CC1. The molecular weight excluding hydrogens is 328 g/mol.